The minimum absolute atomic E-state index is 0.272. The zero-order valence-electron chi connectivity index (χ0n) is 18.2. The van der Waals surface area contributed by atoms with Gasteiger partial charge in [0.2, 0.25) is 0 Å². The fraction of sp³-hybridized carbons (Fsp3) is 0.154. The normalized spacial score (nSPS) is 13.7. The smallest absolute Gasteiger partial charge is 0.283 e. The predicted molar refractivity (Wildman–Crippen MR) is 129 cm³/mol. The van der Waals surface area contributed by atoms with Crippen molar-refractivity contribution in [2.45, 2.75) is 25.7 Å². The summed E-state index contributed by atoms with van der Waals surface area (Å²) in [5.41, 5.74) is 3.51. The minimum Gasteiger partial charge on any atom is -0.494 e. The lowest BCUT2D eigenvalue weighted by atomic mass is 10.1. The lowest BCUT2D eigenvalue weighted by Crippen LogP contribution is -2.33. The number of nitrogens with one attached hydrogen (secondary N) is 1. The van der Waals surface area contributed by atoms with Crippen molar-refractivity contribution in [2.24, 2.45) is 0 Å². The van der Waals surface area contributed by atoms with E-state index in [1.54, 1.807) is 0 Å². The molecule has 5 nitrogen and oxygen atoms in total. The molecule has 3 aromatic rings. The fourth-order valence-electron chi connectivity index (χ4n) is 3.46. The van der Waals surface area contributed by atoms with Gasteiger partial charge in [-0.25, -0.2) is 4.90 Å². The number of carbonyl (C=O) groups excluding carboxylic acids is 2. The van der Waals surface area contributed by atoms with Crippen LogP contribution in [0.15, 0.2) is 88.3 Å². The van der Waals surface area contributed by atoms with E-state index in [1.165, 1.54) is 16.7 Å². The van der Waals surface area contributed by atoms with Crippen LogP contribution in [0.25, 0.3) is 0 Å². The predicted octanol–water partition coefficient (Wildman–Crippen LogP) is 5.69. The van der Waals surface area contributed by atoms with Gasteiger partial charge in [0.15, 0.2) is 0 Å². The Bertz CT molecular complexity index is 1190. The topological polar surface area (TPSA) is 58.6 Å². The summed E-state index contributed by atoms with van der Waals surface area (Å²) in [6, 6.07) is 22.6. The Labute approximate surface area is 192 Å². The monoisotopic (exact) mass is 444 g/mol. The van der Waals surface area contributed by atoms with Crippen molar-refractivity contribution in [3.63, 3.8) is 0 Å². The third kappa shape index (κ3) is 4.27. The Balaban J connectivity index is 1.73. The highest BCUT2D eigenvalue weighted by molar-refractivity contribution is 8.04. The number of nitrogens with zero attached hydrogens (tertiary/aromatic N) is 1. The van der Waals surface area contributed by atoms with Crippen LogP contribution in [0.5, 0.6) is 5.75 Å². The van der Waals surface area contributed by atoms with E-state index >= 15 is 0 Å². The molecule has 6 heteroatoms. The molecular formula is C26H24N2O3S. The van der Waals surface area contributed by atoms with E-state index in [2.05, 4.69) is 5.32 Å². The second-order valence-electron chi connectivity index (χ2n) is 7.37. The van der Waals surface area contributed by atoms with Crippen molar-refractivity contribution in [3.8, 4) is 5.75 Å². The Kier molecular flexibility index (Phi) is 6.32. The molecule has 0 fully saturated rings. The minimum atomic E-state index is -0.365. The van der Waals surface area contributed by atoms with Crippen LogP contribution in [0, 0.1) is 13.8 Å². The molecule has 0 aliphatic carbocycles. The van der Waals surface area contributed by atoms with Crippen LogP contribution in [-0.4, -0.2) is 18.4 Å². The van der Waals surface area contributed by atoms with Crippen molar-refractivity contribution >= 4 is 35.0 Å². The summed E-state index contributed by atoms with van der Waals surface area (Å²) in [6.07, 6.45) is 0. The zero-order chi connectivity index (χ0) is 22.7. The molecule has 0 bridgehead atoms. The molecule has 162 valence electrons. The number of rotatable bonds is 7. The molecule has 1 aliphatic rings. The highest BCUT2D eigenvalue weighted by Crippen LogP contribution is 2.39. The van der Waals surface area contributed by atoms with Crippen LogP contribution in [0.4, 0.5) is 11.4 Å². The number of ether oxygens (including phenoxy) is 1. The van der Waals surface area contributed by atoms with Gasteiger partial charge in [-0.1, -0.05) is 42.1 Å². The summed E-state index contributed by atoms with van der Waals surface area (Å²) in [6.45, 7) is 6.39. The number of thioether (sulfide) groups is 1. The average Bonchev–Trinajstić information content (AvgIpc) is 3.02. The van der Waals surface area contributed by atoms with E-state index in [1.807, 2.05) is 93.6 Å². The number of aryl methyl sites for hydroxylation is 1. The molecule has 1 aliphatic heterocycles. The number of benzene rings is 3. The molecule has 1 N–H and O–H groups in total. The van der Waals surface area contributed by atoms with Gasteiger partial charge in [0, 0.05) is 10.6 Å². The number of anilines is 2. The molecule has 0 spiro atoms. The third-order valence-corrected chi connectivity index (χ3v) is 6.35. The van der Waals surface area contributed by atoms with Crippen molar-refractivity contribution < 1.29 is 14.3 Å². The molecule has 0 saturated carbocycles. The van der Waals surface area contributed by atoms with Gasteiger partial charge in [-0.2, -0.15) is 0 Å². The lowest BCUT2D eigenvalue weighted by Gasteiger charge is -2.19. The van der Waals surface area contributed by atoms with Crippen LogP contribution < -0.4 is 15.0 Å². The highest BCUT2D eigenvalue weighted by Gasteiger charge is 2.40. The zero-order valence-corrected chi connectivity index (χ0v) is 19.0. The molecular weight excluding hydrogens is 420 g/mol. The fourth-order valence-corrected chi connectivity index (χ4v) is 4.41. The van der Waals surface area contributed by atoms with Gasteiger partial charge in [-0.05, 0) is 74.4 Å². The van der Waals surface area contributed by atoms with Crippen molar-refractivity contribution in [3.05, 3.63) is 94.5 Å². The van der Waals surface area contributed by atoms with E-state index in [0.29, 0.717) is 22.9 Å². The SMILES string of the molecule is CCOc1ccc(NC2=C(Sc3ccccc3)C(=O)N(c3cccc(C)c3C)C2=O)cc1. The van der Waals surface area contributed by atoms with Gasteiger partial charge in [0.25, 0.3) is 11.8 Å². The van der Waals surface area contributed by atoms with E-state index < -0.39 is 0 Å². The maximum absolute atomic E-state index is 13.5. The number of hydrogen-bond acceptors (Lipinski definition) is 5. The molecule has 32 heavy (non-hydrogen) atoms. The third-order valence-electron chi connectivity index (χ3n) is 5.26. The average molecular weight is 445 g/mol. The summed E-state index contributed by atoms with van der Waals surface area (Å²) in [4.78, 5) is 29.5. The van der Waals surface area contributed by atoms with Gasteiger partial charge in [0.05, 0.1) is 12.3 Å². The first-order valence-electron chi connectivity index (χ1n) is 10.4. The Hall–Kier alpha value is -3.51. The van der Waals surface area contributed by atoms with E-state index in [9.17, 15) is 9.59 Å². The number of imide groups is 1. The number of hydrogen-bond donors (Lipinski definition) is 1. The molecule has 0 aromatic heterocycles. The van der Waals surface area contributed by atoms with Crippen LogP contribution >= 0.6 is 11.8 Å². The molecule has 0 unspecified atom stereocenters. The standard InChI is InChI=1S/C26H24N2O3S/c1-4-31-20-15-13-19(14-16-20)27-23-24(32-21-10-6-5-7-11-21)26(30)28(25(23)29)22-12-8-9-17(2)18(22)3/h5-16,27H,4H2,1-3H3. The van der Waals surface area contributed by atoms with Crippen LogP contribution in [0.2, 0.25) is 0 Å². The molecule has 0 atom stereocenters. The highest BCUT2D eigenvalue weighted by atomic mass is 32.2. The molecule has 4 rings (SSSR count). The molecule has 3 aromatic carbocycles. The van der Waals surface area contributed by atoms with Gasteiger partial charge in [-0.15, -0.1) is 0 Å². The Morgan fingerprint density at radius 1 is 0.875 bits per heavy atom. The van der Waals surface area contributed by atoms with Crippen LogP contribution in [0.1, 0.15) is 18.1 Å². The molecule has 2 amide bonds. The summed E-state index contributed by atoms with van der Waals surface area (Å²) in [5.74, 6) is 0.0544. The molecule has 0 saturated heterocycles. The number of amides is 2. The largest absolute Gasteiger partial charge is 0.494 e. The van der Waals surface area contributed by atoms with E-state index in [4.69, 9.17) is 4.74 Å². The van der Waals surface area contributed by atoms with E-state index in [-0.39, 0.29) is 17.5 Å². The first-order valence-corrected chi connectivity index (χ1v) is 11.2. The maximum atomic E-state index is 13.5. The van der Waals surface area contributed by atoms with Crippen molar-refractivity contribution in [1.29, 1.82) is 0 Å². The molecule has 1 heterocycles. The van der Waals surface area contributed by atoms with Crippen LogP contribution in [0.3, 0.4) is 0 Å². The van der Waals surface area contributed by atoms with Crippen LogP contribution in [-0.2, 0) is 9.59 Å². The second kappa shape index (κ2) is 9.32. The summed E-state index contributed by atoms with van der Waals surface area (Å²) in [5, 5.41) is 3.19. The Morgan fingerprint density at radius 2 is 1.59 bits per heavy atom. The lowest BCUT2D eigenvalue weighted by molar-refractivity contribution is -0.120. The van der Waals surface area contributed by atoms with Gasteiger partial charge < -0.3 is 10.1 Å². The van der Waals surface area contributed by atoms with Gasteiger partial charge in [0.1, 0.15) is 16.4 Å². The molecule has 0 radical (unpaired) electrons. The van der Waals surface area contributed by atoms with Gasteiger partial charge >= 0.3 is 0 Å². The Morgan fingerprint density at radius 3 is 2.28 bits per heavy atom. The first-order chi connectivity index (χ1) is 15.5. The number of carbonyl (C=O) groups is 2. The quantitative estimate of drug-likeness (QED) is 0.474. The van der Waals surface area contributed by atoms with E-state index in [0.717, 1.165) is 21.8 Å². The summed E-state index contributed by atoms with van der Waals surface area (Å²) < 4.78 is 5.50. The second-order valence-corrected chi connectivity index (χ2v) is 8.45. The van der Waals surface area contributed by atoms with Crippen molar-refractivity contribution in [2.75, 3.05) is 16.8 Å². The first kappa shape index (κ1) is 21.7. The maximum Gasteiger partial charge on any atom is 0.283 e. The van der Waals surface area contributed by atoms with Crippen molar-refractivity contribution in [1.82, 2.24) is 0 Å². The summed E-state index contributed by atoms with van der Waals surface area (Å²) in [7, 11) is 0. The van der Waals surface area contributed by atoms with Gasteiger partial charge in [-0.3, -0.25) is 9.59 Å². The summed E-state index contributed by atoms with van der Waals surface area (Å²) >= 11 is 1.29.